The standard InChI is InChI=1S/C18H13N.H2O/c1-2-8-14(9-3-1)19-17-12-6-4-10-15(17)16-11-5-7-13-18(16)19;/h1-13H;1H2. The molecule has 1 aromatic heterocycles. The molecule has 0 spiro atoms. The molecule has 0 fully saturated rings. The van der Waals surface area contributed by atoms with Gasteiger partial charge in [0.15, 0.2) is 0 Å². The Hall–Kier alpha value is -2.58. The lowest BCUT2D eigenvalue weighted by molar-refractivity contribution is 0.824. The van der Waals surface area contributed by atoms with Gasteiger partial charge in [-0.1, -0.05) is 54.6 Å². The number of fused-ring (bicyclic) bond motifs is 3. The van der Waals surface area contributed by atoms with Crippen LogP contribution >= 0.6 is 0 Å². The van der Waals surface area contributed by atoms with Gasteiger partial charge < -0.3 is 10.0 Å². The van der Waals surface area contributed by atoms with Gasteiger partial charge in [0.05, 0.1) is 11.0 Å². The molecule has 20 heavy (non-hydrogen) atoms. The van der Waals surface area contributed by atoms with E-state index in [1.165, 1.54) is 27.5 Å². The highest BCUT2D eigenvalue weighted by Crippen LogP contribution is 2.31. The lowest BCUT2D eigenvalue weighted by atomic mass is 10.2. The van der Waals surface area contributed by atoms with Gasteiger partial charge in [0, 0.05) is 16.5 Å². The van der Waals surface area contributed by atoms with Gasteiger partial charge in [-0.05, 0) is 24.3 Å². The number of para-hydroxylation sites is 3. The molecule has 0 bridgehead atoms. The number of hydrogen-bond acceptors (Lipinski definition) is 0. The summed E-state index contributed by atoms with van der Waals surface area (Å²) >= 11 is 0. The summed E-state index contributed by atoms with van der Waals surface area (Å²) in [5, 5.41) is 2.61. The Morgan fingerprint density at radius 1 is 0.500 bits per heavy atom. The summed E-state index contributed by atoms with van der Waals surface area (Å²) in [5.74, 6) is 0. The van der Waals surface area contributed by atoms with E-state index in [1.54, 1.807) is 0 Å². The molecule has 0 aliphatic rings. The van der Waals surface area contributed by atoms with Crippen molar-refractivity contribution in [2.45, 2.75) is 0 Å². The first kappa shape index (κ1) is 12.5. The van der Waals surface area contributed by atoms with E-state index >= 15 is 0 Å². The molecular weight excluding hydrogens is 246 g/mol. The average Bonchev–Trinajstić information content (AvgIpc) is 2.83. The highest BCUT2D eigenvalue weighted by atomic mass is 16.0. The molecular formula is C18H15NO. The van der Waals surface area contributed by atoms with E-state index in [-0.39, 0.29) is 5.48 Å². The fourth-order valence-electron chi connectivity index (χ4n) is 2.78. The first-order valence-corrected chi connectivity index (χ1v) is 6.49. The fraction of sp³-hybridized carbons (Fsp3) is 0. The van der Waals surface area contributed by atoms with Crippen molar-refractivity contribution in [1.29, 1.82) is 0 Å². The van der Waals surface area contributed by atoms with Crippen molar-refractivity contribution in [3.05, 3.63) is 78.9 Å². The quantitative estimate of drug-likeness (QED) is 0.497. The molecule has 2 nitrogen and oxygen atoms in total. The van der Waals surface area contributed by atoms with Gasteiger partial charge in [-0.15, -0.1) is 0 Å². The minimum atomic E-state index is 0. The lowest BCUT2D eigenvalue weighted by Crippen LogP contribution is -1.92. The molecule has 4 aromatic rings. The van der Waals surface area contributed by atoms with Crippen LogP contribution in [0.1, 0.15) is 0 Å². The first-order valence-electron chi connectivity index (χ1n) is 6.49. The second-order valence-electron chi connectivity index (χ2n) is 4.71. The molecule has 0 radical (unpaired) electrons. The van der Waals surface area contributed by atoms with Crippen LogP contribution in [-0.4, -0.2) is 10.0 Å². The zero-order valence-electron chi connectivity index (χ0n) is 11.0. The number of benzene rings is 3. The third-order valence-corrected chi connectivity index (χ3v) is 3.59. The van der Waals surface area contributed by atoms with Gasteiger partial charge in [0.2, 0.25) is 0 Å². The maximum Gasteiger partial charge on any atom is 0.0541 e. The van der Waals surface area contributed by atoms with Crippen LogP contribution in [0.5, 0.6) is 0 Å². The zero-order valence-corrected chi connectivity index (χ0v) is 11.0. The molecule has 0 amide bonds. The SMILES string of the molecule is O.c1ccc(-n2c3ccccc3c3ccccc32)cc1. The van der Waals surface area contributed by atoms with Crippen LogP contribution in [0.2, 0.25) is 0 Å². The van der Waals surface area contributed by atoms with Crippen molar-refractivity contribution in [3.8, 4) is 5.69 Å². The second-order valence-corrected chi connectivity index (χ2v) is 4.71. The third-order valence-electron chi connectivity index (χ3n) is 3.59. The van der Waals surface area contributed by atoms with Crippen LogP contribution in [0.4, 0.5) is 0 Å². The predicted molar refractivity (Wildman–Crippen MR) is 84.4 cm³/mol. The van der Waals surface area contributed by atoms with Crippen molar-refractivity contribution in [2.24, 2.45) is 0 Å². The van der Waals surface area contributed by atoms with Crippen LogP contribution in [-0.2, 0) is 0 Å². The average molecular weight is 261 g/mol. The summed E-state index contributed by atoms with van der Waals surface area (Å²) in [4.78, 5) is 0. The Morgan fingerprint density at radius 2 is 0.950 bits per heavy atom. The molecule has 0 aliphatic heterocycles. The van der Waals surface area contributed by atoms with Crippen LogP contribution in [0, 0.1) is 0 Å². The predicted octanol–water partition coefficient (Wildman–Crippen LogP) is 3.96. The summed E-state index contributed by atoms with van der Waals surface area (Å²) in [6, 6.07) is 27.7. The van der Waals surface area contributed by atoms with Crippen molar-refractivity contribution in [2.75, 3.05) is 0 Å². The van der Waals surface area contributed by atoms with Crippen LogP contribution in [0.25, 0.3) is 27.5 Å². The summed E-state index contributed by atoms with van der Waals surface area (Å²) < 4.78 is 2.32. The van der Waals surface area contributed by atoms with Crippen molar-refractivity contribution < 1.29 is 5.48 Å². The van der Waals surface area contributed by atoms with E-state index in [0.29, 0.717) is 0 Å². The molecule has 0 saturated heterocycles. The molecule has 3 aromatic carbocycles. The number of nitrogens with zero attached hydrogens (tertiary/aromatic N) is 1. The monoisotopic (exact) mass is 261 g/mol. The van der Waals surface area contributed by atoms with E-state index in [0.717, 1.165) is 0 Å². The highest BCUT2D eigenvalue weighted by Gasteiger charge is 2.10. The van der Waals surface area contributed by atoms with Gasteiger partial charge in [-0.3, -0.25) is 0 Å². The van der Waals surface area contributed by atoms with Crippen molar-refractivity contribution in [3.63, 3.8) is 0 Å². The van der Waals surface area contributed by atoms with Gasteiger partial charge in [-0.2, -0.15) is 0 Å². The molecule has 1 heterocycles. The number of aromatic nitrogens is 1. The molecule has 4 rings (SSSR count). The summed E-state index contributed by atoms with van der Waals surface area (Å²) in [7, 11) is 0. The number of rotatable bonds is 1. The third kappa shape index (κ3) is 1.70. The van der Waals surface area contributed by atoms with Gasteiger partial charge in [0.1, 0.15) is 0 Å². The topological polar surface area (TPSA) is 36.4 Å². The smallest absolute Gasteiger partial charge is 0.0541 e. The normalized spacial score (nSPS) is 10.6. The van der Waals surface area contributed by atoms with E-state index < -0.39 is 0 Å². The van der Waals surface area contributed by atoms with Crippen LogP contribution in [0.3, 0.4) is 0 Å². The first-order chi connectivity index (χ1) is 9.45. The van der Waals surface area contributed by atoms with Gasteiger partial charge in [0.25, 0.3) is 0 Å². The zero-order chi connectivity index (χ0) is 12.7. The lowest BCUT2D eigenvalue weighted by Gasteiger charge is -2.06. The maximum absolute atomic E-state index is 2.32. The summed E-state index contributed by atoms with van der Waals surface area (Å²) in [6.45, 7) is 0. The van der Waals surface area contributed by atoms with Gasteiger partial charge in [-0.25, -0.2) is 0 Å². The van der Waals surface area contributed by atoms with Crippen molar-refractivity contribution >= 4 is 21.8 Å². The Morgan fingerprint density at radius 3 is 1.50 bits per heavy atom. The molecule has 0 aliphatic carbocycles. The molecule has 2 N–H and O–H groups in total. The Labute approximate surface area is 117 Å². The largest absolute Gasteiger partial charge is 0.412 e. The minimum absolute atomic E-state index is 0. The molecule has 98 valence electrons. The number of hydrogen-bond donors (Lipinski definition) is 0. The van der Waals surface area contributed by atoms with Crippen molar-refractivity contribution in [1.82, 2.24) is 4.57 Å². The molecule has 0 saturated carbocycles. The minimum Gasteiger partial charge on any atom is -0.412 e. The van der Waals surface area contributed by atoms with E-state index in [1.807, 2.05) is 0 Å². The van der Waals surface area contributed by atoms with E-state index in [2.05, 4.69) is 83.4 Å². The summed E-state index contributed by atoms with van der Waals surface area (Å²) in [5.41, 5.74) is 3.73. The van der Waals surface area contributed by atoms with E-state index in [9.17, 15) is 0 Å². The Kier molecular flexibility index (Phi) is 3.01. The van der Waals surface area contributed by atoms with Crippen LogP contribution < -0.4 is 0 Å². The highest BCUT2D eigenvalue weighted by molar-refractivity contribution is 6.09. The maximum atomic E-state index is 2.32. The second kappa shape index (κ2) is 4.83. The molecule has 2 heteroatoms. The van der Waals surface area contributed by atoms with Gasteiger partial charge >= 0.3 is 0 Å². The summed E-state index contributed by atoms with van der Waals surface area (Å²) in [6.07, 6.45) is 0. The molecule has 0 unspecified atom stereocenters. The Balaban J connectivity index is 0.00000121. The molecule has 0 atom stereocenters. The van der Waals surface area contributed by atoms with Crippen LogP contribution in [0.15, 0.2) is 78.9 Å². The fourth-order valence-corrected chi connectivity index (χ4v) is 2.78. The Bertz CT molecular complexity index is 809. The van der Waals surface area contributed by atoms with E-state index in [4.69, 9.17) is 0 Å².